The monoisotopic (exact) mass is 314 g/mol. The first-order chi connectivity index (χ1) is 11.0. The van der Waals surface area contributed by atoms with Gasteiger partial charge in [-0.25, -0.2) is 0 Å². The molecule has 0 unspecified atom stereocenters. The van der Waals surface area contributed by atoms with Gasteiger partial charge in [0, 0.05) is 11.1 Å². The van der Waals surface area contributed by atoms with Crippen LogP contribution in [0, 0.1) is 11.8 Å². The van der Waals surface area contributed by atoms with E-state index in [1.54, 1.807) is 0 Å². The molecular formula is C20H17F3. The minimum atomic E-state index is -4.30. The van der Waals surface area contributed by atoms with E-state index in [9.17, 15) is 13.2 Å². The van der Waals surface area contributed by atoms with Crippen molar-refractivity contribution in [1.82, 2.24) is 0 Å². The molecular weight excluding hydrogens is 297 g/mol. The van der Waals surface area contributed by atoms with Crippen LogP contribution in [0.15, 0.2) is 48.5 Å². The third-order valence-corrected chi connectivity index (χ3v) is 4.30. The fourth-order valence-electron chi connectivity index (χ4n) is 2.98. The van der Waals surface area contributed by atoms with E-state index in [2.05, 4.69) is 24.0 Å². The van der Waals surface area contributed by atoms with E-state index in [0.717, 1.165) is 17.7 Å². The smallest absolute Gasteiger partial charge is 0.166 e. The summed E-state index contributed by atoms with van der Waals surface area (Å²) in [4.78, 5) is 0. The molecule has 2 aromatic rings. The molecule has 1 fully saturated rings. The molecule has 1 aliphatic carbocycles. The van der Waals surface area contributed by atoms with Crippen molar-refractivity contribution in [1.29, 1.82) is 0 Å². The summed E-state index contributed by atoms with van der Waals surface area (Å²) in [5.74, 6) is 6.59. The molecule has 118 valence electrons. The summed E-state index contributed by atoms with van der Waals surface area (Å²) < 4.78 is 37.5. The van der Waals surface area contributed by atoms with E-state index in [1.807, 2.05) is 12.1 Å². The van der Waals surface area contributed by atoms with Crippen LogP contribution in [0.5, 0.6) is 0 Å². The molecule has 0 aliphatic heterocycles. The number of hydrogen-bond donors (Lipinski definition) is 0. The van der Waals surface area contributed by atoms with Crippen molar-refractivity contribution >= 4 is 0 Å². The minimum absolute atomic E-state index is 0.581. The van der Waals surface area contributed by atoms with Crippen LogP contribution in [0.3, 0.4) is 0 Å². The van der Waals surface area contributed by atoms with Gasteiger partial charge in [0.15, 0.2) is 0 Å². The molecule has 3 heteroatoms. The van der Waals surface area contributed by atoms with E-state index in [0.29, 0.717) is 11.5 Å². The second kappa shape index (κ2) is 6.50. The Morgan fingerprint density at radius 3 is 1.70 bits per heavy atom. The highest BCUT2D eigenvalue weighted by Crippen LogP contribution is 2.34. The number of alkyl halides is 3. The fourth-order valence-corrected chi connectivity index (χ4v) is 2.98. The third kappa shape index (κ3) is 3.96. The van der Waals surface area contributed by atoms with Crippen molar-refractivity contribution in [3.05, 3.63) is 70.8 Å². The average Bonchev–Trinajstić information content (AvgIpc) is 3.07. The summed E-state index contributed by atoms with van der Waals surface area (Å²) in [6.45, 7) is 0. The summed E-state index contributed by atoms with van der Waals surface area (Å²) in [5, 5.41) is 0. The van der Waals surface area contributed by atoms with E-state index in [4.69, 9.17) is 0 Å². The van der Waals surface area contributed by atoms with Gasteiger partial charge in [0.1, 0.15) is 0 Å². The van der Waals surface area contributed by atoms with Crippen molar-refractivity contribution in [2.24, 2.45) is 0 Å². The molecule has 0 aromatic heterocycles. The lowest BCUT2D eigenvalue weighted by Gasteiger charge is -2.08. The number of hydrogen-bond acceptors (Lipinski definition) is 0. The van der Waals surface area contributed by atoms with E-state index < -0.39 is 11.7 Å². The van der Waals surface area contributed by atoms with Gasteiger partial charge in [-0.2, -0.15) is 13.2 Å². The molecule has 0 amide bonds. The Morgan fingerprint density at radius 1 is 0.739 bits per heavy atom. The molecule has 1 aliphatic rings. The molecule has 0 spiro atoms. The van der Waals surface area contributed by atoms with E-state index in [-0.39, 0.29) is 0 Å². The highest BCUT2D eigenvalue weighted by Gasteiger charge is 2.29. The molecule has 23 heavy (non-hydrogen) atoms. The molecule has 0 radical (unpaired) electrons. The highest BCUT2D eigenvalue weighted by atomic mass is 19.4. The number of benzene rings is 2. The van der Waals surface area contributed by atoms with Gasteiger partial charge >= 0.3 is 6.18 Å². The molecule has 0 saturated heterocycles. The van der Waals surface area contributed by atoms with Gasteiger partial charge in [0.2, 0.25) is 0 Å². The molecule has 2 aromatic carbocycles. The lowest BCUT2D eigenvalue weighted by molar-refractivity contribution is -0.137. The number of rotatable bonds is 1. The van der Waals surface area contributed by atoms with Crippen LogP contribution in [-0.2, 0) is 6.18 Å². The SMILES string of the molecule is FC(F)(F)c1ccc(C#Cc2ccc(C3CCCC3)cc2)cc1. The fraction of sp³-hybridized carbons (Fsp3) is 0.300. The molecule has 3 rings (SSSR count). The number of halogens is 3. The maximum absolute atomic E-state index is 12.5. The summed E-state index contributed by atoms with van der Waals surface area (Å²) in [7, 11) is 0. The first kappa shape index (κ1) is 15.7. The van der Waals surface area contributed by atoms with Gasteiger partial charge in [-0.15, -0.1) is 0 Å². The molecule has 0 atom stereocenters. The van der Waals surface area contributed by atoms with Gasteiger partial charge in [-0.3, -0.25) is 0 Å². The van der Waals surface area contributed by atoms with Crippen LogP contribution in [0.25, 0.3) is 0 Å². The molecule has 0 nitrogen and oxygen atoms in total. The van der Waals surface area contributed by atoms with Crippen LogP contribution in [-0.4, -0.2) is 0 Å². The normalized spacial score (nSPS) is 15.3. The predicted octanol–water partition coefficient (Wildman–Crippen LogP) is 5.76. The summed E-state index contributed by atoms with van der Waals surface area (Å²) >= 11 is 0. The van der Waals surface area contributed by atoms with Crippen LogP contribution in [0.1, 0.15) is 53.9 Å². The van der Waals surface area contributed by atoms with Crippen LogP contribution in [0.4, 0.5) is 13.2 Å². The lowest BCUT2D eigenvalue weighted by atomic mass is 9.97. The van der Waals surface area contributed by atoms with Gasteiger partial charge in [0.05, 0.1) is 5.56 Å². The minimum Gasteiger partial charge on any atom is -0.166 e. The van der Waals surface area contributed by atoms with Crippen molar-refractivity contribution in [2.75, 3.05) is 0 Å². The Labute approximate surface area is 134 Å². The topological polar surface area (TPSA) is 0 Å². The standard InChI is InChI=1S/C20H17F3/c21-20(22,23)19-13-9-16(10-14-19)6-5-15-7-11-18(12-8-15)17-3-1-2-4-17/h7-14,17H,1-4H2. The second-order valence-corrected chi connectivity index (χ2v) is 5.93. The van der Waals surface area contributed by atoms with Crippen molar-refractivity contribution in [3.8, 4) is 11.8 Å². The van der Waals surface area contributed by atoms with Crippen LogP contribution < -0.4 is 0 Å². The first-order valence-corrected chi connectivity index (χ1v) is 7.81. The quantitative estimate of drug-likeness (QED) is 0.587. The molecule has 1 saturated carbocycles. The Morgan fingerprint density at radius 2 is 1.22 bits per heavy atom. The Hall–Kier alpha value is -2.21. The largest absolute Gasteiger partial charge is 0.416 e. The summed E-state index contributed by atoms with van der Waals surface area (Å²) in [6, 6.07) is 13.2. The van der Waals surface area contributed by atoms with E-state index in [1.165, 1.54) is 43.4 Å². The van der Waals surface area contributed by atoms with Crippen molar-refractivity contribution in [3.63, 3.8) is 0 Å². The van der Waals surface area contributed by atoms with Gasteiger partial charge in [0.25, 0.3) is 0 Å². The lowest BCUT2D eigenvalue weighted by Crippen LogP contribution is -2.04. The Kier molecular flexibility index (Phi) is 4.43. The van der Waals surface area contributed by atoms with Crippen LogP contribution in [0.2, 0.25) is 0 Å². The zero-order valence-corrected chi connectivity index (χ0v) is 12.7. The predicted molar refractivity (Wildman–Crippen MR) is 85.1 cm³/mol. The third-order valence-electron chi connectivity index (χ3n) is 4.30. The summed E-state index contributed by atoms with van der Waals surface area (Å²) in [6.07, 6.45) is 0.829. The zero-order valence-electron chi connectivity index (χ0n) is 12.7. The van der Waals surface area contributed by atoms with E-state index >= 15 is 0 Å². The van der Waals surface area contributed by atoms with Gasteiger partial charge in [-0.1, -0.05) is 36.8 Å². The zero-order chi connectivity index (χ0) is 16.3. The Balaban J connectivity index is 1.71. The van der Waals surface area contributed by atoms with Gasteiger partial charge < -0.3 is 0 Å². The molecule has 0 N–H and O–H groups in total. The van der Waals surface area contributed by atoms with Crippen molar-refractivity contribution < 1.29 is 13.2 Å². The second-order valence-electron chi connectivity index (χ2n) is 5.93. The maximum Gasteiger partial charge on any atom is 0.416 e. The Bertz CT molecular complexity index is 707. The first-order valence-electron chi connectivity index (χ1n) is 7.81. The maximum atomic E-state index is 12.5. The summed E-state index contributed by atoms with van der Waals surface area (Å²) in [5.41, 5.74) is 2.18. The van der Waals surface area contributed by atoms with Crippen molar-refractivity contribution in [2.45, 2.75) is 37.8 Å². The average molecular weight is 314 g/mol. The van der Waals surface area contributed by atoms with Gasteiger partial charge in [-0.05, 0) is 60.7 Å². The molecule has 0 bridgehead atoms. The molecule has 0 heterocycles. The van der Waals surface area contributed by atoms with Crippen LogP contribution >= 0.6 is 0 Å². The highest BCUT2D eigenvalue weighted by molar-refractivity contribution is 5.44.